The molecule has 0 N–H and O–H groups in total. The maximum atomic E-state index is 5.09. The summed E-state index contributed by atoms with van der Waals surface area (Å²) in [5.74, 6) is 0. The molecule has 212 valence electrons. The lowest BCUT2D eigenvalue weighted by molar-refractivity contribution is 1.10. The third kappa shape index (κ3) is 3.66. The first-order valence-electron chi connectivity index (χ1n) is 15.2. The molecule has 0 aliphatic heterocycles. The highest BCUT2D eigenvalue weighted by Gasteiger charge is 2.18. The van der Waals surface area contributed by atoms with E-state index in [9.17, 15) is 0 Å². The van der Waals surface area contributed by atoms with Crippen LogP contribution in [0.5, 0.6) is 0 Å². The first-order valence-corrected chi connectivity index (χ1v) is 15.2. The van der Waals surface area contributed by atoms with Crippen LogP contribution in [0.3, 0.4) is 0 Å². The molecule has 0 bridgehead atoms. The molecule has 0 spiro atoms. The lowest BCUT2D eigenvalue weighted by Crippen LogP contribution is -1.97. The van der Waals surface area contributed by atoms with E-state index in [0.29, 0.717) is 0 Å². The van der Waals surface area contributed by atoms with Crippen LogP contribution in [0.15, 0.2) is 134 Å². The molecule has 0 saturated heterocycles. The van der Waals surface area contributed by atoms with Gasteiger partial charge >= 0.3 is 0 Å². The Balaban J connectivity index is 1.29. The van der Waals surface area contributed by atoms with E-state index in [-0.39, 0.29) is 0 Å². The summed E-state index contributed by atoms with van der Waals surface area (Å²) >= 11 is 0. The molecule has 0 radical (unpaired) electrons. The highest BCUT2D eigenvalue weighted by molar-refractivity contribution is 6.23. The Morgan fingerprint density at radius 1 is 0.689 bits per heavy atom. The average Bonchev–Trinajstić information content (AvgIpc) is 3.64. The first-order chi connectivity index (χ1) is 22.2. The number of para-hydroxylation sites is 3. The molecule has 4 heteroatoms. The number of benzene rings is 5. The van der Waals surface area contributed by atoms with Crippen molar-refractivity contribution in [2.45, 2.75) is 6.92 Å². The second kappa shape index (κ2) is 9.76. The second-order valence-corrected chi connectivity index (χ2v) is 11.5. The van der Waals surface area contributed by atoms with Crippen LogP contribution in [0.1, 0.15) is 18.2 Å². The number of pyridine rings is 2. The van der Waals surface area contributed by atoms with Gasteiger partial charge in [0, 0.05) is 44.4 Å². The van der Waals surface area contributed by atoms with Crippen molar-refractivity contribution in [3.05, 3.63) is 145 Å². The number of nitrogens with zero attached hydrogens (tertiary/aromatic N) is 4. The van der Waals surface area contributed by atoms with Crippen molar-refractivity contribution in [1.82, 2.24) is 18.9 Å². The van der Waals surface area contributed by atoms with Crippen LogP contribution in [0.4, 0.5) is 0 Å². The van der Waals surface area contributed by atoms with E-state index in [1.54, 1.807) is 0 Å². The van der Waals surface area contributed by atoms with Crippen molar-refractivity contribution in [3.8, 4) is 16.8 Å². The maximum absolute atomic E-state index is 5.09. The van der Waals surface area contributed by atoms with Crippen LogP contribution in [0, 0.1) is 0 Å². The van der Waals surface area contributed by atoms with Crippen molar-refractivity contribution < 1.29 is 0 Å². The number of aromatic nitrogens is 4. The fourth-order valence-electron chi connectivity index (χ4n) is 7.07. The molecule has 5 aromatic carbocycles. The zero-order valence-corrected chi connectivity index (χ0v) is 24.8. The minimum Gasteiger partial charge on any atom is -0.309 e. The van der Waals surface area contributed by atoms with Crippen molar-refractivity contribution in [3.63, 3.8) is 0 Å². The molecule has 9 rings (SSSR count). The van der Waals surface area contributed by atoms with Crippen LogP contribution >= 0.6 is 0 Å². The largest absolute Gasteiger partial charge is 0.309 e. The van der Waals surface area contributed by atoms with Crippen LogP contribution in [0.25, 0.3) is 89.1 Å². The van der Waals surface area contributed by atoms with Gasteiger partial charge in [-0.05, 0) is 78.7 Å². The zero-order chi connectivity index (χ0) is 30.1. The predicted octanol–water partition coefficient (Wildman–Crippen LogP) is 10.6. The summed E-state index contributed by atoms with van der Waals surface area (Å²) in [6.07, 6.45) is 8.09. The van der Waals surface area contributed by atoms with Gasteiger partial charge in [-0.25, -0.2) is 4.98 Å². The van der Waals surface area contributed by atoms with Gasteiger partial charge < -0.3 is 4.57 Å². The third-order valence-corrected chi connectivity index (χ3v) is 9.02. The molecule has 0 aliphatic rings. The Bertz CT molecular complexity index is 2670. The quantitative estimate of drug-likeness (QED) is 0.195. The van der Waals surface area contributed by atoms with Gasteiger partial charge in [-0.15, -0.1) is 0 Å². The lowest BCUT2D eigenvalue weighted by Gasteiger charge is -2.13. The fourth-order valence-corrected chi connectivity index (χ4v) is 7.07. The maximum Gasteiger partial charge on any atom is 0.146 e. The van der Waals surface area contributed by atoms with Gasteiger partial charge in [-0.2, -0.15) is 0 Å². The molecule has 0 fully saturated rings. The van der Waals surface area contributed by atoms with Crippen molar-refractivity contribution in [1.29, 1.82) is 0 Å². The normalized spacial score (nSPS) is 12.1. The predicted molar refractivity (Wildman–Crippen MR) is 190 cm³/mol. The first kappa shape index (κ1) is 25.5. The summed E-state index contributed by atoms with van der Waals surface area (Å²) in [5, 5.41) is 5.72. The Morgan fingerprint density at radius 2 is 1.49 bits per heavy atom. The SMILES string of the molecule is C=Cc1c(/C=C\C)n(-c2ccc(-c3ccc4c(c3)c3c(ccc5cccnc53)c3nc5ccccc5n43)cc2)c2ccccc12. The molecule has 0 atom stereocenters. The van der Waals surface area contributed by atoms with E-state index in [2.05, 4.69) is 138 Å². The summed E-state index contributed by atoms with van der Waals surface area (Å²) in [4.78, 5) is 9.96. The van der Waals surface area contributed by atoms with E-state index < -0.39 is 0 Å². The molecule has 4 aromatic heterocycles. The molecule has 4 heterocycles. The summed E-state index contributed by atoms with van der Waals surface area (Å²) in [7, 11) is 0. The Morgan fingerprint density at radius 3 is 2.33 bits per heavy atom. The number of hydrogen-bond donors (Lipinski definition) is 0. The smallest absolute Gasteiger partial charge is 0.146 e. The van der Waals surface area contributed by atoms with Gasteiger partial charge in [0.15, 0.2) is 0 Å². The highest BCUT2D eigenvalue weighted by atomic mass is 15.0. The van der Waals surface area contributed by atoms with Crippen molar-refractivity contribution in [2.24, 2.45) is 0 Å². The van der Waals surface area contributed by atoms with E-state index in [1.807, 2.05) is 24.4 Å². The van der Waals surface area contributed by atoms with Gasteiger partial charge in [0.2, 0.25) is 0 Å². The molecule has 0 amide bonds. The lowest BCUT2D eigenvalue weighted by atomic mass is 9.98. The Kier molecular flexibility index (Phi) is 5.53. The monoisotopic (exact) mass is 576 g/mol. The minimum atomic E-state index is 0.957. The van der Waals surface area contributed by atoms with E-state index in [4.69, 9.17) is 9.97 Å². The molecule has 0 aliphatic carbocycles. The summed E-state index contributed by atoms with van der Waals surface area (Å²) < 4.78 is 4.62. The van der Waals surface area contributed by atoms with Crippen LogP contribution in [-0.4, -0.2) is 18.9 Å². The summed E-state index contributed by atoms with van der Waals surface area (Å²) in [6.45, 7) is 6.18. The Labute approximate surface area is 259 Å². The van der Waals surface area contributed by atoms with Crippen molar-refractivity contribution >= 4 is 72.3 Å². The Hall–Kier alpha value is -6.00. The van der Waals surface area contributed by atoms with Crippen molar-refractivity contribution in [2.75, 3.05) is 0 Å². The molecule has 4 nitrogen and oxygen atoms in total. The van der Waals surface area contributed by atoms with Gasteiger partial charge in [0.25, 0.3) is 0 Å². The van der Waals surface area contributed by atoms with Gasteiger partial charge in [-0.3, -0.25) is 9.38 Å². The number of allylic oxidation sites excluding steroid dienone is 1. The molecular weight excluding hydrogens is 548 g/mol. The van der Waals surface area contributed by atoms with Gasteiger partial charge in [0.05, 0.1) is 33.3 Å². The highest BCUT2D eigenvalue weighted by Crippen LogP contribution is 2.38. The molecule has 9 aromatic rings. The third-order valence-electron chi connectivity index (χ3n) is 9.02. The molecule has 45 heavy (non-hydrogen) atoms. The van der Waals surface area contributed by atoms with E-state index in [0.717, 1.165) is 77.3 Å². The van der Waals surface area contributed by atoms with Crippen LogP contribution in [0.2, 0.25) is 0 Å². The average molecular weight is 577 g/mol. The second-order valence-electron chi connectivity index (χ2n) is 11.5. The van der Waals surface area contributed by atoms with E-state index in [1.165, 1.54) is 10.9 Å². The minimum absolute atomic E-state index is 0.957. The van der Waals surface area contributed by atoms with Crippen LogP contribution in [-0.2, 0) is 0 Å². The standard InChI is InChI=1S/C41H28N4/c1-3-10-35-30(4-2)31-12-5-7-14-36(31)44(35)29-20-16-26(17-21-29)28-19-23-37-33(25-28)39-32(22-18-27-11-9-24-42-40(27)39)41-43-34-13-6-8-15-38(34)45(37)41/h3-25H,2H2,1H3/b10-3-. The van der Waals surface area contributed by atoms with E-state index >= 15 is 0 Å². The fraction of sp³-hybridized carbons (Fsp3) is 0.0244. The topological polar surface area (TPSA) is 35.1 Å². The number of hydrogen-bond acceptors (Lipinski definition) is 2. The zero-order valence-electron chi connectivity index (χ0n) is 24.8. The number of imidazole rings is 1. The van der Waals surface area contributed by atoms with Crippen LogP contribution < -0.4 is 0 Å². The molecular formula is C41H28N4. The van der Waals surface area contributed by atoms with Gasteiger partial charge in [-0.1, -0.05) is 79.4 Å². The molecule has 0 saturated carbocycles. The molecule has 0 unspecified atom stereocenters. The summed E-state index contributed by atoms with van der Waals surface area (Å²) in [5.41, 5.74) is 12.0. The van der Waals surface area contributed by atoms with Gasteiger partial charge in [0.1, 0.15) is 5.65 Å². The number of rotatable bonds is 4. The summed E-state index contributed by atoms with van der Waals surface area (Å²) in [6, 6.07) is 41.0. The number of fused-ring (bicyclic) bond motifs is 11.